The number of methoxy groups -OCH3 is 1. The number of halogens is 1. The van der Waals surface area contributed by atoms with E-state index in [1.807, 2.05) is 31.2 Å². The van der Waals surface area contributed by atoms with Crippen molar-refractivity contribution in [1.29, 1.82) is 0 Å². The average molecular weight is 544 g/mol. The maximum Gasteiger partial charge on any atom is 0.264 e. The maximum atomic E-state index is 13.7. The van der Waals surface area contributed by atoms with E-state index in [1.165, 1.54) is 55.5 Å². The van der Waals surface area contributed by atoms with Crippen LogP contribution >= 0.6 is 11.6 Å². The highest BCUT2D eigenvalue weighted by molar-refractivity contribution is 7.92. The highest BCUT2D eigenvalue weighted by Gasteiger charge is 2.32. The van der Waals surface area contributed by atoms with E-state index >= 15 is 0 Å². The summed E-state index contributed by atoms with van der Waals surface area (Å²) in [7, 11) is -1.19. The first-order valence-electron chi connectivity index (χ1n) is 11.6. The Bertz CT molecular complexity index is 1350. The Kier molecular flexibility index (Phi) is 9.18. The van der Waals surface area contributed by atoms with Crippen LogP contribution in [-0.4, -0.2) is 51.9 Å². The molecule has 0 aliphatic rings. The molecule has 3 rings (SSSR count). The zero-order chi connectivity index (χ0) is 27.2. The topological polar surface area (TPSA) is 96.0 Å². The van der Waals surface area contributed by atoms with Crippen molar-refractivity contribution in [3.63, 3.8) is 0 Å². The number of carbonyl (C=O) groups excluding carboxylic acids is 2. The fraction of sp³-hybridized carbons (Fsp3) is 0.259. The molecule has 0 radical (unpaired) electrons. The molecular formula is C27H30ClN3O5S. The summed E-state index contributed by atoms with van der Waals surface area (Å²) in [5, 5.41) is 2.99. The summed E-state index contributed by atoms with van der Waals surface area (Å²) >= 11 is 6.03. The average Bonchev–Trinajstić information content (AvgIpc) is 2.90. The van der Waals surface area contributed by atoms with Crippen LogP contribution in [0.4, 0.5) is 5.69 Å². The summed E-state index contributed by atoms with van der Waals surface area (Å²) in [5.74, 6) is -0.402. The van der Waals surface area contributed by atoms with Crippen molar-refractivity contribution in [3.8, 4) is 5.75 Å². The molecule has 0 unspecified atom stereocenters. The van der Waals surface area contributed by atoms with Gasteiger partial charge in [0.2, 0.25) is 11.8 Å². The van der Waals surface area contributed by atoms with Gasteiger partial charge in [0.1, 0.15) is 18.3 Å². The molecule has 0 saturated heterocycles. The number of hydrogen-bond acceptors (Lipinski definition) is 5. The van der Waals surface area contributed by atoms with Crippen molar-refractivity contribution >= 4 is 39.1 Å². The quantitative estimate of drug-likeness (QED) is 0.417. The lowest BCUT2D eigenvalue weighted by Crippen LogP contribution is -2.50. The van der Waals surface area contributed by atoms with Gasteiger partial charge in [-0.1, -0.05) is 35.9 Å². The first-order valence-corrected chi connectivity index (χ1v) is 13.4. The van der Waals surface area contributed by atoms with Crippen LogP contribution < -0.4 is 14.4 Å². The molecule has 196 valence electrons. The first-order chi connectivity index (χ1) is 17.6. The van der Waals surface area contributed by atoms with Gasteiger partial charge >= 0.3 is 0 Å². The summed E-state index contributed by atoms with van der Waals surface area (Å²) in [6.45, 7) is 3.14. The van der Waals surface area contributed by atoms with E-state index in [1.54, 1.807) is 19.1 Å². The van der Waals surface area contributed by atoms with E-state index in [0.717, 1.165) is 15.4 Å². The standard InChI is InChI=1S/C27H30ClN3O5S/c1-19-7-5-6-8-21(19)17-30(20(2)27(33)29-3)26(32)18-31(23-11-9-22(28)10-12-23)37(34,35)25-15-13-24(36-4)14-16-25/h5-16,20H,17-18H2,1-4H3,(H,29,33)/t20-/m0/s1. The second-order valence-corrected chi connectivity index (χ2v) is 10.7. The number of sulfonamides is 1. The number of hydrogen-bond donors (Lipinski definition) is 1. The normalized spacial score (nSPS) is 11.9. The molecule has 3 aromatic rings. The number of likely N-dealkylation sites (N-methyl/N-ethyl adjacent to an activating group) is 1. The van der Waals surface area contributed by atoms with E-state index in [4.69, 9.17) is 16.3 Å². The molecule has 0 aliphatic carbocycles. The third-order valence-corrected chi connectivity index (χ3v) is 8.10. The lowest BCUT2D eigenvalue weighted by Gasteiger charge is -2.32. The number of aryl methyl sites for hydroxylation is 1. The minimum Gasteiger partial charge on any atom is -0.497 e. The Morgan fingerprint density at radius 3 is 2.19 bits per heavy atom. The molecule has 0 aromatic heterocycles. The van der Waals surface area contributed by atoms with E-state index in [-0.39, 0.29) is 23.0 Å². The summed E-state index contributed by atoms with van der Waals surface area (Å²) < 4.78 is 33.7. The van der Waals surface area contributed by atoms with Gasteiger partial charge in [-0.25, -0.2) is 8.42 Å². The first kappa shape index (κ1) is 28.0. The van der Waals surface area contributed by atoms with Crippen molar-refractivity contribution in [3.05, 3.63) is 88.9 Å². The zero-order valence-electron chi connectivity index (χ0n) is 21.1. The van der Waals surface area contributed by atoms with Gasteiger partial charge in [0.25, 0.3) is 10.0 Å². The Balaban J connectivity index is 2.03. The fourth-order valence-corrected chi connectivity index (χ4v) is 5.31. The molecule has 1 N–H and O–H groups in total. The van der Waals surface area contributed by atoms with Gasteiger partial charge in [-0.15, -0.1) is 0 Å². The van der Waals surface area contributed by atoms with Crippen molar-refractivity contribution in [2.75, 3.05) is 25.0 Å². The number of carbonyl (C=O) groups is 2. The van der Waals surface area contributed by atoms with Crippen LogP contribution in [0.2, 0.25) is 5.02 Å². The predicted octanol–water partition coefficient (Wildman–Crippen LogP) is 4.02. The van der Waals surface area contributed by atoms with Crippen molar-refractivity contribution < 1.29 is 22.7 Å². The monoisotopic (exact) mass is 543 g/mol. The number of nitrogens with zero attached hydrogens (tertiary/aromatic N) is 2. The molecule has 8 nitrogen and oxygen atoms in total. The number of anilines is 1. The molecule has 0 saturated carbocycles. The van der Waals surface area contributed by atoms with Crippen LogP contribution in [0.5, 0.6) is 5.75 Å². The van der Waals surface area contributed by atoms with Crippen LogP contribution in [-0.2, 0) is 26.2 Å². The largest absolute Gasteiger partial charge is 0.497 e. The molecule has 10 heteroatoms. The molecule has 2 amide bonds. The highest BCUT2D eigenvalue weighted by Crippen LogP contribution is 2.27. The van der Waals surface area contributed by atoms with E-state index in [0.29, 0.717) is 10.8 Å². The number of nitrogens with one attached hydrogen (secondary N) is 1. The molecule has 0 aliphatic heterocycles. The van der Waals surface area contributed by atoms with Gasteiger partial charge < -0.3 is 15.0 Å². The molecule has 0 heterocycles. The van der Waals surface area contributed by atoms with Gasteiger partial charge in [0, 0.05) is 18.6 Å². The summed E-state index contributed by atoms with van der Waals surface area (Å²) in [5.41, 5.74) is 2.06. The molecular weight excluding hydrogens is 514 g/mol. The van der Waals surface area contributed by atoms with E-state index in [9.17, 15) is 18.0 Å². The van der Waals surface area contributed by atoms with Crippen molar-refractivity contribution in [1.82, 2.24) is 10.2 Å². The zero-order valence-corrected chi connectivity index (χ0v) is 22.7. The fourth-order valence-electron chi connectivity index (χ4n) is 3.77. The van der Waals surface area contributed by atoms with E-state index in [2.05, 4.69) is 5.32 Å². The smallest absolute Gasteiger partial charge is 0.264 e. The predicted molar refractivity (Wildman–Crippen MR) is 144 cm³/mol. The lowest BCUT2D eigenvalue weighted by atomic mass is 10.1. The van der Waals surface area contributed by atoms with Gasteiger partial charge in [-0.3, -0.25) is 13.9 Å². The SMILES string of the molecule is CNC(=O)[C@H](C)N(Cc1ccccc1C)C(=O)CN(c1ccc(Cl)cc1)S(=O)(=O)c1ccc(OC)cc1. The number of ether oxygens (including phenoxy) is 1. The molecule has 37 heavy (non-hydrogen) atoms. The van der Waals surface area contributed by atoms with Gasteiger partial charge in [0.15, 0.2) is 0 Å². The number of amides is 2. The Morgan fingerprint density at radius 2 is 1.62 bits per heavy atom. The molecule has 3 aromatic carbocycles. The summed E-state index contributed by atoms with van der Waals surface area (Å²) in [6, 6.07) is 18.8. The second kappa shape index (κ2) is 12.1. The number of benzene rings is 3. The van der Waals surface area contributed by atoms with Gasteiger partial charge in [0.05, 0.1) is 17.7 Å². The maximum absolute atomic E-state index is 13.7. The van der Waals surface area contributed by atoms with E-state index < -0.39 is 28.5 Å². The molecule has 0 bridgehead atoms. The van der Waals surface area contributed by atoms with Crippen LogP contribution in [0, 0.1) is 6.92 Å². The molecule has 0 spiro atoms. The summed E-state index contributed by atoms with van der Waals surface area (Å²) in [6.07, 6.45) is 0. The Morgan fingerprint density at radius 1 is 1.00 bits per heavy atom. The third kappa shape index (κ3) is 6.61. The van der Waals surface area contributed by atoms with Crippen molar-refractivity contribution in [2.45, 2.75) is 31.3 Å². The minimum atomic E-state index is -4.17. The van der Waals surface area contributed by atoms with Gasteiger partial charge in [-0.05, 0) is 73.5 Å². The Hall–Kier alpha value is -3.56. The molecule has 1 atom stereocenters. The van der Waals surface area contributed by atoms with Crippen LogP contribution in [0.25, 0.3) is 0 Å². The number of rotatable bonds is 10. The molecule has 0 fully saturated rings. The minimum absolute atomic E-state index is 0.0131. The van der Waals surface area contributed by atoms with Crippen LogP contribution in [0.1, 0.15) is 18.1 Å². The summed E-state index contributed by atoms with van der Waals surface area (Å²) in [4.78, 5) is 27.7. The third-order valence-electron chi connectivity index (χ3n) is 6.06. The van der Waals surface area contributed by atoms with Crippen LogP contribution in [0.15, 0.2) is 77.7 Å². The van der Waals surface area contributed by atoms with Crippen LogP contribution in [0.3, 0.4) is 0 Å². The van der Waals surface area contributed by atoms with Crippen molar-refractivity contribution in [2.24, 2.45) is 0 Å². The highest BCUT2D eigenvalue weighted by atomic mass is 35.5. The Labute approximate surface area is 222 Å². The van der Waals surface area contributed by atoms with Gasteiger partial charge in [-0.2, -0.15) is 0 Å². The lowest BCUT2D eigenvalue weighted by molar-refractivity contribution is -0.139. The second-order valence-electron chi connectivity index (χ2n) is 8.40.